The first kappa shape index (κ1) is 23.9. The molecular weight excluding hydrogens is 484 g/mol. The van der Waals surface area contributed by atoms with Crippen LogP contribution in [0.2, 0.25) is 5.02 Å². The third-order valence-corrected chi connectivity index (χ3v) is 8.90. The quantitative estimate of drug-likeness (QED) is 0.440. The molecule has 1 atom stereocenters. The summed E-state index contributed by atoms with van der Waals surface area (Å²) in [7, 11) is -2.12. The standard InChI is InChI=1S/C23H25ClN2O5S2/c1-15-5-10-19(24)22-21(15)25-23(32-22)26(14-17-4-3-12-31-17)20(27)11-13-33(28,29)18-8-6-16(30-2)7-9-18/h5-10,17H,3-4,11-14H2,1-2H3. The number of nitrogens with zero attached hydrogens (tertiary/aromatic N) is 2. The van der Waals surface area contributed by atoms with Gasteiger partial charge in [-0.2, -0.15) is 0 Å². The summed E-state index contributed by atoms with van der Waals surface area (Å²) in [5, 5.41) is 1.08. The monoisotopic (exact) mass is 508 g/mol. The Kier molecular flexibility index (Phi) is 7.23. The number of carbonyl (C=O) groups excluding carboxylic acids is 1. The summed E-state index contributed by atoms with van der Waals surface area (Å²) in [5.41, 5.74) is 1.71. The molecule has 1 fully saturated rings. The van der Waals surface area contributed by atoms with Gasteiger partial charge in [0.25, 0.3) is 0 Å². The van der Waals surface area contributed by atoms with E-state index in [1.807, 2.05) is 19.1 Å². The van der Waals surface area contributed by atoms with Crippen molar-refractivity contribution < 1.29 is 22.7 Å². The van der Waals surface area contributed by atoms with E-state index < -0.39 is 9.84 Å². The second-order valence-corrected chi connectivity index (χ2v) is 11.4. The lowest BCUT2D eigenvalue weighted by Gasteiger charge is -2.23. The van der Waals surface area contributed by atoms with Crippen LogP contribution in [0.3, 0.4) is 0 Å². The van der Waals surface area contributed by atoms with E-state index in [2.05, 4.69) is 4.98 Å². The first-order valence-corrected chi connectivity index (χ1v) is 13.5. The highest BCUT2D eigenvalue weighted by atomic mass is 35.5. The minimum atomic E-state index is -3.63. The Labute approximate surface area is 202 Å². The zero-order valence-corrected chi connectivity index (χ0v) is 20.8. The van der Waals surface area contributed by atoms with Gasteiger partial charge in [-0.3, -0.25) is 9.69 Å². The van der Waals surface area contributed by atoms with Crippen molar-refractivity contribution in [2.75, 3.05) is 30.9 Å². The van der Waals surface area contributed by atoms with Crippen LogP contribution in [0.1, 0.15) is 24.8 Å². The fraction of sp³-hybridized carbons (Fsp3) is 0.391. The van der Waals surface area contributed by atoms with E-state index in [0.717, 1.165) is 28.6 Å². The van der Waals surface area contributed by atoms with Crippen molar-refractivity contribution in [3.05, 3.63) is 47.0 Å². The van der Waals surface area contributed by atoms with Crippen molar-refractivity contribution in [2.24, 2.45) is 0 Å². The summed E-state index contributed by atoms with van der Waals surface area (Å²) in [5.74, 6) is -0.0433. The number of aryl methyl sites for hydroxylation is 1. The molecular formula is C23H25ClN2O5S2. The molecule has 2 heterocycles. The molecule has 0 aliphatic carbocycles. The number of benzene rings is 2. The number of fused-ring (bicyclic) bond motifs is 1. The molecule has 0 radical (unpaired) electrons. The van der Waals surface area contributed by atoms with Gasteiger partial charge in [-0.1, -0.05) is 29.0 Å². The normalized spacial score (nSPS) is 16.3. The van der Waals surface area contributed by atoms with E-state index in [-0.39, 0.29) is 29.1 Å². The molecule has 4 rings (SSSR count). The van der Waals surface area contributed by atoms with Gasteiger partial charge in [0.15, 0.2) is 15.0 Å². The highest BCUT2D eigenvalue weighted by Crippen LogP contribution is 2.36. The van der Waals surface area contributed by atoms with Gasteiger partial charge in [-0.05, 0) is 55.7 Å². The summed E-state index contributed by atoms with van der Waals surface area (Å²) in [6, 6.07) is 9.86. The Bertz CT molecular complexity index is 1210. The summed E-state index contributed by atoms with van der Waals surface area (Å²) in [6.45, 7) is 2.93. The predicted molar refractivity (Wildman–Crippen MR) is 130 cm³/mol. The number of hydrogen-bond acceptors (Lipinski definition) is 7. The maximum absolute atomic E-state index is 13.3. The summed E-state index contributed by atoms with van der Waals surface area (Å²) >= 11 is 7.70. The molecule has 1 aliphatic heterocycles. The Morgan fingerprint density at radius 3 is 2.67 bits per heavy atom. The van der Waals surface area contributed by atoms with Crippen LogP contribution in [-0.4, -0.2) is 51.4 Å². The molecule has 1 aliphatic rings. The van der Waals surface area contributed by atoms with Crippen LogP contribution in [-0.2, 0) is 19.4 Å². The minimum Gasteiger partial charge on any atom is -0.497 e. The number of halogens is 1. The molecule has 0 bridgehead atoms. The molecule has 0 spiro atoms. The predicted octanol–water partition coefficient (Wildman–Crippen LogP) is 4.64. The highest BCUT2D eigenvalue weighted by molar-refractivity contribution is 7.91. The van der Waals surface area contributed by atoms with E-state index in [1.165, 1.54) is 30.6 Å². The van der Waals surface area contributed by atoms with Crippen molar-refractivity contribution in [1.82, 2.24) is 4.98 Å². The molecule has 10 heteroatoms. The molecule has 33 heavy (non-hydrogen) atoms. The smallest absolute Gasteiger partial charge is 0.229 e. The lowest BCUT2D eigenvalue weighted by molar-refractivity contribution is -0.118. The van der Waals surface area contributed by atoms with Crippen LogP contribution in [0.15, 0.2) is 41.3 Å². The molecule has 176 valence electrons. The first-order valence-electron chi connectivity index (χ1n) is 10.6. The second-order valence-electron chi connectivity index (χ2n) is 7.92. The van der Waals surface area contributed by atoms with Crippen LogP contribution in [0, 0.1) is 6.92 Å². The van der Waals surface area contributed by atoms with Crippen LogP contribution in [0.5, 0.6) is 5.75 Å². The third-order valence-electron chi connectivity index (χ3n) is 5.63. The molecule has 1 amide bonds. The average molecular weight is 509 g/mol. The maximum atomic E-state index is 13.3. The number of aromatic nitrogens is 1. The second kappa shape index (κ2) is 9.97. The Balaban J connectivity index is 1.57. The lowest BCUT2D eigenvalue weighted by atomic mass is 10.2. The van der Waals surface area contributed by atoms with Gasteiger partial charge in [0.1, 0.15) is 5.75 Å². The number of carbonyl (C=O) groups is 1. The molecule has 1 unspecified atom stereocenters. The third kappa shape index (κ3) is 5.32. The van der Waals surface area contributed by atoms with Gasteiger partial charge in [-0.25, -0.2) is 13.4 Å². The van der Waals surface area contributed by atoms with Gasteiger partial charge >= 0.3 is 0 Å². The van der Waals surface area contributed by atoms with E-state index in [0.29, 0.717) is 29.1 Å². The molecule has 7 nitrogen and oxygen atoms in total. The topological polar surface area (TPSA) is 85.8 Å². The fourth-order valence-electron chi connectivity index (χ4n) is 3.74. The summed E-state index contributed by atoms with van der Waals surface area (Å²) in [6.07, 6.45) is 1.52. The van der Waals surface area contributed by atoms with Crippen molar-refractivity contribution in [1.29, 1.82) is 0 Å². The fourth-order valence-corrected chi connectivity index (χ4v) is 6.32. The average Bonchev–Trinajstić information content (AvgIpc) is 3.49. The Morgan fingerprint density at radius 2 is 2.03 bits per heavy atom. The molecule has 1 aromatic heterocycles. The number of sulfone groups is 1. The SMILES string of the molecule is COc1ccc(S(=O)(=O)CCC(=O)N(CC2CCCO2)c2nc3c(C)ccc(Cl)c3s2)cc1. The lowest BCUT2D eigenvalue weighted by Crippen LogP contribution is -2.38. The number of thiazole rings is 1. The summed E-state index contributed by atoms with van der Waals surface area (Å²) < 4.78 is 37.2. The van der Waals surface area contributed by atoms with Crippen LogP contribution < -0.4 is 9.64 Å². The number of amides is 1. The van der Waals surface area contributed by atoms with Crippen molar-refractivity contribution in [2.45, 2.75) is 37.2 Å². The Hall–Kier alpha value is -2.20. The Morgan fingerprint density at radius 1 is 1.27 bits per heavy atom. The zero-order valence-electron chi connectivity index (χ0n) is 18.4. The van der Waals surface area contributed by atoms with Crippen molar-refractivity contribution in [3.63, 3.8) is 0 Å². The molecule has 3 aromatic rings. The number of ether oxygens (including phenoxy) is 2. The number of methoxy groups -OCH3 is 1. The van der Waals surface area contributed by atoms with Gasteiger partial charge < -0.3 is 9.47 Å². The number of hydrogen-bond donors (Lipinski definition) is 0. The molecule has 1 saturated heterocycles. The molecule has 0 saturated carbocycles. The van der Waals surface area contributed by atoms with E-state index in [1.54, 1.807) is 17.0 Å². The molecule has 2 aromatic carbocycles. The van der Waals surface area contributed by atoms with Crippen LogP contribution in [0.25, 0.3) is 10.2 Å². The molecule has 0 N–H and O–H groups in total. The largest absolute Gasteiger partial charge is 0.497 e. The van der Waals surface area contributed by atoms with Gasteiger partial charge in [-0.15, -0.1) is 0 Å². The van der Waals surface area contributed by atoms with Gasteiger partial charge in [0, 0.05) is 13.0 Å². The van der Waals surface area contributed by atoms with E-state index >= 15 is 0 Å². The maximum Gasteiger partial charge on any atom is 0.229 e. The van der Waals surface area contributed by atoms with Gasteiger partial charge in [0.2, 0.25) is 5.91 Å². The van der Waals surface area contributed by atoms with Crippen molar-refractivity contribution in [3.8, 4) is 5.75 Å². The van der Waals surface area contributed by atoms with E-state index in [4.69, 9.17) is 21.1 Å². The highest BCUT2D eigenvalue weighted by Gasteiger charge is 2.28. The summed E-state index contributed by atoms with van der Waals surface area (Å²) in [4.78, 5) is 19.7. The van der Waals surface area contributed by atoms with Crippen LogP contribution >= 0.6 is 22.9 Å². The van der Waals surface area contributed by atoms with Crippen molar-refractivity contribution >= 4 is 54.0 Å². The minimum absolute atomic E-state index is 0.101. The van der Waals surface area contributed by atoms with Crippen LogP contribution in [0.4, 0.5) is 5.13 Å². The number of rotatable bonds is 8. The van der Waals surface area contributed by atoms with Gasteiger partial charge in [0.05, 0.1) is 45.6 Å². The zero-order chi connectivity index (χ0) is 23.6. The number of anilines is 1. The van der Waals surface area contributed by atoms with E-state index in [9.17, 15) is 13.2 Å². The first-order chi connectivity index (χ1) is 15.8.